The lowest BCUT2D eigenvalue weighted by molar-refractivity contribution is -0.120. The van der Waals surface area contributed by atoms with Crippen molar-refractivity contribution in [1.82, 2.24) is 10.0 Å². The second-order valence-electron chi connectivity index (χ2n) is 7.65. The molecule has 3 aromatic rings. The van der Waals surface area contributed by atoms with Crippen LogP contribution in [-0.2, 0) is 21.4 Å². The van der Waals surface area contributed by atoms with Crippen molar-refractivity contribution in [3.63, 3.8) is 0 Å². The van der Waals surface area contributed by atoms with Crippen molar-refractivity contribution in [2.45, 2.75) is 12.5 Å². The average molecular weight is 519 g/mol. The average Bonchev–Trinajstić information content (AvgIpc) is 2.85. The highest BCUT2D eigenvalue weighted by Gasteiger charge is 2.27. The molecule has 3 amide bonds. The molecular weight excluding hydrogens is 494 g/mol. The molecule has 12 heteroatoms. The topological polar surface area (TPSA) is 117 Å². The lowest BCUT2D eigenvalue weighted by atomic mass is 10.0. The molecule has 1 atom stereocenters. The van der Waals surface area contributed by atoms with E-state index in [9.17, 15) is 26.8 Å². The molecule has 9 nitrogen and oxygen atoms in total. The number of urea groups is 1. The van der Waals surface area contributed by atoms with E-state index >= 15 is 0 Å². The molecule has 0 radical (unpaired) electrons. The molecule has 0 saturated carbocycles. The molecule has 0 aliphatic rings. The fourth-order valence-corrected chi connectivity index (χ4v) is 4.06. The van der Waals surface area contributed by atoms with Gasteiger partial charge in [-0.1, -0.05) is 30.3 Å². The largest absolute Gasteiger partial charge is 0.497 e. The molecule has 0 aliphatic carbocycles. The first-order valence-electron chi connectivity index (χ1n) is 10.6. The number of carbonyl (C=O) groups is 2. The third-order valence-corrected chi connectivity index (χ3v) is 6.03. The van der Waals surface area contributed by atoms with Gasteiger partial charge < -0.3 is 15.0 Å². The van der Waals surface area contributed by atoms with Crippen molar-refractivity contribution < 1.29 is 31.5 Å². The smallest absolute Gasteiger partial charge is 0.330 e. The zero-order valence-corrected chi connectivity index (χ0v) is 20.2. The Morgan fingerprint density at radius 1 is 0.972 bits per heavy atom. The van der Waals surface area contributed by atoms with Crippen LogP contribution in [0.3, 0.4) is 0 Å². The maximum absolute atomic E-state index is 13.4. The number of anilines is 2. The predicted octanol–water partition coefficient (Wildman–Crippen LogP) is 3.20. The molecule has 0 unspecified atom stereocenters. The molecule has 3 rings (SSSR count). The number of nitrogens with zero attached hydrogens (tertiary/aromatic N) is 1. The summed E-state index contributed by atoms with van der Waals surface area (Å²) in [7, 11) is -1.50. The van der Waals surface area contributed by atoms with E-state index in [0.717, 1.165) is 17.7 Å². The van der Waals surface area contributed by atoms with Crippen molar-refractivity contribution >= 4 is 33.5 Å². The van der Waals surface area contributed by atoms with Gasteiger partial charge >= 0.3 is 16.2 Å². The standard InChI is InChI=1S/C24H24F2N4O5S/c1-30(18-9-11-19(35-2)12-10-18)23(31)22(14-16-6-4-3-5-7-16)27-24(32)29-36(33,34)28-17-8-13-20(25)21(26)15-17/h3-13,15,22,28H,14H2,1-2H3,(H2,27,29,32)/t22-/m0/s1. The van der Waals surface area contributed by atoms with E-state index in [0.29, 0.717) is 17.5 Å². The highest BCUT2D eigenvalue weighted by atomic mass is 32.2. The molecule has 0 aromatic heterocycles. The lowest BCUT2D eigenvalue weighted by Gasteiger charge is -2.25. The number of methoxy groups -OCH3 is 1. The van der Waals surface area contributed by atoms with Crippen molar-refractivity contribution in [2.24, 2.45) is 0 Å². The summed E-state index contributed by atoms with van der Waals surface area (Å²) in [6, 6.07) is 15.5. The number of benzene rings is 3. The number of halogens is 2. The van der Waals surface area contributed by atoms with Gasteiger partial charge in [0.1, 0.15) is 11.8 Å². The van der Waals surface area contributed by atoms with Crippen molar-refractivity contribution in [1.29, 1.82) is 0 Å². The predicted molar refractivity (Wildman–Crippen MR) is 131 cm³/mol. The molecule has 0 saturated heterocycles. The number of likely N-dealkylation sites (N-methyl/N-ethyl adjacent to an activating group) is 1. The molecule has 3 aromatic carbocycles. The zero-order valence-electron chi connectivity index (χ0n) is 19.4. The van der Waals surface area contributed by atoms with Crippen LogP contribution in [0.25, 0.3) is 0 Å². The summed E-state index contributed by atoms with van der Waals surface area (Å²) in [6.45, 7) is 0. The lowest BCUT2D eigenvalue weighted by Crippen LogP contribution is -2.53. The van der Waals surface area contributed by atoms with Gasteiger partial charge in [-0.05, 0) is 42.0 Å². The van der Waals surface area contributed by atoms with Crippen LogP contribution in [0.5, 0.6) is 5.75 Å². The fraction of sp³-hybridized carbons (Fsp3) is 0.167. The molecule has 0 aliphatic heterocycles. The van der Waals surface area contributed by atoms with Crippen molar-refractivity contribution in [3.05, 3.63) is 90.0 Å². The second-order valence-corrected chi connectivity index (χ2v) is 9.06. The Morgan fingerprint density at radius 3 is 2.25 bits per heavy atom. The Bertz CT molecular complexity index is 1320. The van der Waals surface area contributed by atoms with Gasteiger partial charge in [-0.25, -0.2) is 18.3 Å². The highest BCUT2D eigenvalue weighted by Crippen LogP contribution is 2.19. The maximum Gasteiger partial charge on any atom is 0.330 e. The molecule has 190 valence electrons. The Labute approximate surface area is 207 Å². The number of nitrogens with one attached hydrogen (secondary N) is 3. The number of amides is 3. The van der Waals surface area contributed by atoms with Crippen LogP contribution in [0.2, 0.25) is 0 Å². The maximum atomic E-state index is 13.4. The minimum atomic E-state index is -4.53. The summed E-state index contributed by atoms with van der Waals surface area (Å²) in [6.07, 6.45) is 0.0736. The minimum absolute atomic E-state index is 0.0736. The SMILES string of the molecule is COc1ccc(N(C)C(=O)[C@H](Cc2ccccc2)NC(=O)NS(=O)(=O)Nc2ccc(F)c(F)c2)cc1. The molecule has 36 heavy (non-hydrogen) atoms. The van der Waals surface area contributed by atoms with Crippen molar-refractivity contribution in [2.75, 3.05) is 23.8 Å². The number of hydrogen-bond acceptors (Lipinski definition) is 5. The molecule has 3 N–H and O–H groups in total. The van der Waals surface area contributed by atoms with Gasteiger partial charge in [-0.3, -0.25) is 9.52 Å². The van der Waals surface area contributed by atoms with Crippen LogP contribution in [0.4, 0.5) is 25.0 Å². The normalized spacial score (nSPS) is 11.8. The Hall–Kier alpha value is -4.19. The molecule has 0 bridgehead atoms. The monoisotopic (exact) mass is 518 g/mol. The molecular formula is C24H24F2N4O5S. The van der Waals surface area contributed by atoms with E-state index in [2.05, 4.69) is 5.32 Å². The van der Waals surface area contributed by atoms with E-state index in [1.54, 1.807) is 59.3 Å². The van der Waals surface area contributed by atoms with Crippen LogP contribution in [0, 0.1) is 11.6 Å². The van der Waals surface area contributed by atoms with Gasteiger partial charge in [0.15, 0.2) is 11.6 Å². The van der Waals surface area contributed by atoms with E-state index < -0.39 is 39.8 Å². The number of ether oxygens (including phenoxy) is 1. The number of hydrogen-bond donors (Lipinski definition) is 3. The fourth-order valence-electron chi connectivity index (χ4n) is 3.27. The number of rotatable bonds is 9. The third-order valence-electron chi connectivity index (χ3n) is 5.08. The Morgan fingerprint density at radius 2 is 1.64 bits per heavy atom. The van der Waals surface area contributed by atoms with Crippen LogP contribution >= 0.6 is 0 Å². The quantitative estimate of drug-likeness (QED) is 0.402. The molecule has 0 heterocycles. The van der Waals surface area contributed by atoms with Gasteiger partial charge in [0, 0.05) is 25.2 Å². The van der Waals surface area contributed by atoms with Crippen LogP contribution in [-0.4, -0.2) is 40.6 Å². The summed E-state index contributed by atoms with van der Waals surface area (Å²) < 4.78 is 59.9. The van der Waals surface area contributed by atoms with Crippen molar-refractivity contribution in [3.8, 4) is 5.75 Å². The summed E-state index contributed by atoms with van der Waals surface area (Å²) in [5.74, 6) is -2.34. The number of carbonyl (C=O) groups excluding carboxylic acids is 2. The molecule has 0 fully saturated rings. The Kier molecular flexibility index (Phi) is 8.43. The first-order chi connectivity index (χ1) is 17.1. The van der Waals surface area contributed by atoms with E-state index in [1.165, 1.54) is 19.1 Å². The highest BCUT2D eigenvalue weighted by molar-refractivity contribution is 7.91. The van der Waals surface area contributed by atoms with E-state index in [-0.39, 0.29) is 12.1 Å². The summed E-state index contributed by atoms with van der Waals surface area (Å²) >= 11 is 0. The van der Waals surface area contributed by atoms with E-state index in [1.807, 2.05) is 4.72 Å². The second kappa shape index (κ2) is 11.5. The zero-order chi connectivity index (χ0) is 26.3. The van der Waals surface area contributed by atoms with Crippen LogP contribution in [0.1, 0.15) is 5.56 Å². The van der Waals surface area contributed by atoms with Crippen LogP contribution in [0.15, 0.2) is 72.8 Å². The van der Waals surface area contributed by atoms with E-state index in [4.69, 9.17) is 4.74 Å². The van der Waals surface area contributed by atoms with Gasteiger partial charge in [-0.15, -0.1) is 0 Å². The first-order valence-corrected chi connectivity index (χ1v) is 12.1. The van der Waals surface area contributed by atoms with Gasteiger partial charge in [-0.2, -0.15) is 8.42 Å². The summed E-state index contributed by atoms with van der Waals surface area (Å²) in [5, 5.41) is 2.38. The van der Waals surface area contributed by atoms with Gasteiger partial charge in [0.25, 0.3) is 0 Å². The van der Waals surface area contributed by atoms with Gasteiger partial charge in [0.05, 0.1) is 12.8 Å². The minimum Gasteiger partial charge on any atom is -0.497 e. The third kappa shape index (κ3) is 7.15. The first kappa shape index (κ1) is 26.4. The summed E-state index contributed by atoms with van der Waals surface area (Å²) in [5.41, 5.74) is 0.945. The molecule has 0 spiro atoms. The van der Waals surface area contributed by atoms with Crippen LogP contribution < -0.4 is 24.4 Å². The summed E-state index contributed by atoms with van der Waals surface area (Å²) in [4.78, 5) is 27.1. The Balaban J connectivity index is 1.75. The van der Waals surface area contributed by atoms with Gasteiger partial charge in [0.2, 0.25) is 5.91 Å².